The molecule has 0 unspecified atom stereocenters. The molecule has 1 aromatic carbocycles. The Balaban J connectivity index is 1.28. The fraction of sp³-hybridized carbons (Fsp3) is 0.583. The molecule has 190 valence electrons. The van der Waals surface area contributed by atoms with Gasteiger partial charge in [0.2, 0.25) is 5.95 Å². The first kappa shape index (κ1) is 23.9. The molecule has 2 atom stereocenters. The van der Waals surface area contributed by atoms with Crippen molar-refractivity contribution < 1.29 is 23.0 Å². The number of nitrogens with zero attached hydrogens (tertiary/aromatic N) is 4. The van der Waals surface area contributed by atoms with E-state index in [-0.39, 0.29) is 29.1 Å². The molecule has 0 bridgehead atoms. The number of nitrogens with one attached hydrogen (secondary N) is 2. The van der Waals surface area contributed by atoms with Gasteiger partial charge >= 0.3 is 6.61 Å². The third kappa shape index (κ3) is 5.11. The average Bonchev–Trinajstić information content (AvgIpc) is 3.08. The number of benzene rings is 1. The summed E-state index contributed by atoms with van der Waals surface area (Å²) in [5.74, 6) is -0.307. The number of aromatic nitrogens is 2. The Morgan fingerprint density at radius 3 is 2.77 bits per heavy atom. The van der Waals surface area contributed by atoms with Crippen molar-refractivity contribution in [1.29, 1.82) is 0 Å². The van der Waals surface area contributed by atoms with Crippen LogP contribution < -0.4 is 20.3 Å². The topological polar surface area (TPSA) is 85.8 Å². The van der Waals surface area contributed by atoms with Crippen molar-refractivity contribution in [2.24, 2.45) is 0 Å². The third-order valence-electron chi connectivity index (χ3n) is 7.30. The highest BCUT2D eigenvalue weighted by molar-refractivity contribution is 5.68. The van der Waals surface area contributed by atoms with E-state index >= 15 is 0 Å². The summed E-state index contributed by atoms with van der Waals surface area (Å²) in [5.41, 5.74) is 1.10. The Morgan fingerprint density at radius 2 is 2.03 bits per heavy atom. The Labute approximate surface area is 202 Å². The number of alkyl halides is 2. The van der Waals surface area contributed by atoms with Crippen LogP contribution in [0.4, 0.5) is 36.3 Å². The first-order valence-corrected chi connectivity index (χ1v) is 12.0. The number of halogens is 3. The molecule has 1 aromatic heterocycles. The van der Waals surface area contributed by atoms with E-state index in [0.29, 0.717) is 30.5 Å². The minimum absolute atomic E-state index is 0.0244. The first-order chi connectivity index (χ1) is 16.7. The summed E-state index contributed by atoms with van der Waals surface area (Å²) in [7, 11) is 0. The van der Waals surface area contributed by atoms with Crippen molar-refractivity contribution in [2.45, 2.75) is 69.9 Å². The van der Waals surface area contributed by atoms with Gasteiger partial charge in [-0.2, -0.15) is 13.8 Å². The van der Waals surface area contributed by atoms with Crippen LogP contribution >= 0.6 is 0 Å². The molecule has 5 rings (SSSR count). The molecule has 11 heteroatoms. The highest BCUT2D eigenvalue weighted by Gasteiger charge is 2.42. The van der Waals surface area contributed by atoms with Crippen LogP contribution in [0.25, 0.3) is 0 Å². The molecule has 0 spiro atoms. The zero-order chi connectivity index (χ0) is 24.7. The van der Waals surface area contributed by atoms with Crippen molar-refractivity contribution in [3.05, 3.63) is 30.2 Å². The molecule has 0 aliphatic carbocycles. The number of aliphatic hydroxyl groups excluding tert-OH is 1. The predicted octanol–water partition coefficient (Wildman–Crippen LogP) is 3.96. The van der Waals surface area contributed by atoms with Crippen LogP contribution in [-0.4, -0.2) is 69.9 Å². The van der Waals surface area contributed by atoms with Gasteiger partial charge in [-0.3, -0.25) is 4.90 Å². The van der Waals surface area contributed by atoms with E-state index in [1.54, 1.807) is 17.0 Å². The Hall–Kier alpha value is -2.79. The zero-order valence-corrected chi connectivity index (χ0v) is 19.8. The molecule has 4 heterocycles. The van der Waals surface area contributed by atoms with E-state index < -0.39 is 18.5 Å². The van der Waals surface area contributed by atoms with Gasteiger partial charge in [-0.05, 0) is 51.7 Å². The van der Waals surface area contributed by atoms with Crippen molar-refractivity contribution in [2.75, 3.05) is 35.2 Å². The maximum atomic E-state index is 14.5. The number of hydrogen-bond donors (Lipinski definition) is 3. The van der Waals surface area contributed by atoms with Crippen molar-refractivity contribution >= 4 is 23.1 Å². The summed E-state index contributed by atoms with van der Waals surface area (Å²) in [6, 6.07) is 5.32. The molecule has 8 nitrogen and oxygen atoms in total. The maximum absolute atomic E-state index is 14.5. The maximum Gasteiger partial charge on any atom is 0.387 e. The summed E-state index contributed by atoms with van der Waals surface area (Å²) >= 11 is 0. The lowest BCUT2D eigenvalue weighted by molar-refractivity contribution is -0.0496. The van der Waals surface area contributed by atoms with Crippen molar-refractivity contribution in [3.63, 3.8) is 0 Å². The van der Waals surface area contributed by atoms with Gasteiger partial charge in [-0.15, -0.1) is 0 Å². The van der Waals surface area contributed by atoms with Crippen LogP contribution in [0.5, 0.6) is 5.75 Å². The second-order valence-corrected chi connectivity index (χ2v) is 10.2. The molecule has 3 aliphatic rings. The summed E-state index contributed by atoms with van der Waals surface area (Å²) in [6.07, 6.45) is 4.73. The monoisotopic (exact) mass is 492 g/mol. The van der Waals surface area contributed by atoms with Gasteiger partial charge in [0.1, 0.15) is 0 Å². The van der Waals surface area contributed by atoms with Gasteiger partial charge in [0, 0.05) is 49.0 Å². The normalized spacial score (nSPS) is 24.3. The van der Waals surface area contributed by atoms with E-state index in [0.717, 1.165) is 38.4 Å². The Bertz CT molecular complexity index is 1070. The van der Waals surface area contributed by atoms with Crippen LogP contribution in [0.1, 0.15) is 39.5 Å². The Morgan fingerprint density at radius 1 is 1.23 bits per heavy atom. The van der Waals surface area contributed by atoms with Gasteiger partial charge in [0.15, 0.2) is 17.4 Å². The molecular weight excluding hydrogens is 461 g/mol. The number of anilines is 4. The third-order valence-corrected chi connectivity index (χ3v) is 7.30. The summed E-state index contributed by atoms with van der Waals surface area (Å²) < 4.78 is 45.2. The second-order valence-electron chi connectivity index (χ2n) is 10.2. The van der Waals surface area contributed by atoms with Gasteiger partial charge in [-0.1, -0.05) is 0 Å². The van der Waals surface area contributed by atoms with E-state index in [2.05, 4.69) is 39.3 Å². The largest absolute Gasteiger partial charge is 0.433 e. The number of rotatable bonds is 7. The summed E-state index contributed by atoms with van der Waals surface area (Å²) in [5, 5.41) is 15.7. The van der Waals surface area contributed by atoms with E-state index in [4.69, 9.17) is 4.74 Å². The molecule has 35 heavy (non-hydrogen) atoms. The second kappa shape index (κ2) is 9.34. The lowest BCUT2D eigenvalue weighted by Gasteiger charge is -2.42. The standard InChI is InChI=1S/C24H31F3N6O2/c1-24(2)7-5-16-9-15(6-8-33(16)24)29-21-18(25)11-28-23(31-21)30-14-3-4-19(32-12-17(34)13-32)20(10-14)35-22(26)27/h3-4,10-11,15-17,22,34H,5-9,12-13H2,1-2H3,(H2,28,29,30,31)/t15-,16-/m0/s1. The summed E-state index contributed by atoms with van der Waals surface area (Å²) in [6.45, 7) is 3.21. The number of aliphatic hydroxyl groups is 1. The quantitative estimate of drug-likeness (QED) is 0.536. The molecule has 3 aliphatic heterocycles. The molecule has 2 aromatic rings. The lowest BCUT2D eigenvalue weighted by atomic mass is 9.97. The number of hydrogen-bond acceptors (Lipinski definition) is 8. The highest BCUT2D eigenvalue weighted by Crippen LogP contribution is 2.39. The fourth-order valence-corrected chi connectivity index (χ4v) is 5.46. The number of fused-ring (bicyclic) bond motifs is 1. The van der Waals surface area contributed by atoms with Gasteiger partial charge in [-0.25, -0.2) is 9.37 Å². The van der Waals surface area contributed by atoms with E-state index in [9.17, 15) is 18.3 Å². The number of ether oxygens (including phenoxy) is 1. The molecule has 0 amide bonds. The number of β-amino-alcohol motifs (C(OH)–C–C–N with tert-alkyl or cyclic N) is 1. The molecule has 0 radical (unpaired) electrons. The lowest BCUT2D eigenvalue weighted by Crippen LogP contribution is -2.51. The minimum Gasteiger partial charge on any atom is -0.433 e. The van der Waals surface area contributed by atoms with Crippen LogP contribution in [-0.2, 0) is 0 Å². The van der Waals surface area contributed by atoms with Gasteiger partial charge < -0.3 is 25.4 Å². The fourth-order valence-electron chi connectivity index (χ4n) is 5.46. The van der Waals surface area contributed by atoms with E-state index in [1.165, 1.54) is 6.07 Å². The smallest absolute Gasteiger partial charge is 0.387 e. The van der Waals surface area contributed by atoms with Crippen LogP contribution in [0.2, 0.25) is 0 Å². The van der Waals surface area contributed by atoms with Gasteiger partial charge in [0.05, 0.1) is 18.0 Å². The van der Waals surface area contributed by atoms with Crippen LogP contribution in [0.15, 0.2) is 24.4 Å². The first-order valence-electron chi connectivity index (χ1n) is 12.0. The Kier molecular flexibility index (Phi) is 6.39. The molecular formula is C24H31F3N6O2. The van der Waals surface area contributed by atoms with E-state index in [1.807, 2.05) is 0 Å². The van der Waals surface area contributed by atoms with Crippen LogP contribution in [0.3, 0.4) is 0 Å². The molecule has 0 saturated carbocycles. The van der Waals surface area contributed by atoms with Crippen LogP contribution in [0, 0.1) is 5.82 Å². The van der Waals surface area contributed by atoms with Crippen molar-refractivity contribution in [3.8, 4) is 5.75 Å². The summed E-state index contributed by atoms with van der Waals surface area (Å²) in [4.78, 5) is 12.6. The van der Waals surface area contributed by atoms with Crippen molar-refractivity contribution in [1.82, 2.24) is 14.9 Å². The highest BCUT2D eigenvalue weighted by atomic mass is 19.3. The number of piperidine rings is 1. The SMILES string of the molecule is CC1(C)CC[C@H]2C[C@@H](Nc3nc(Nc4ccc(N5CC(O)C5)c(OC(F)F)c4)ncc3F)CCN21. The minimum atomic E-state index is -3.00. The average molecular weight is 493 g/mol. The zero-order valence-electron chi connectivity index (χ0n) is 19.8. The molecule has 3 N–H and O–H groups in total. The van der Waals surface area contributed by atoms with Gasteiger partial charge in [0.25, 0.3) is 0 Å². The predicted molar refractivity (Wildman–Crippen MR) is 127 cm³/mol. The molecule has 3 saturated heterocycles. The molecule has 3 fully saturated rings.